The van der Waals surface area contributed by atoms with Gasteiger partial charge in [0.05, 0.1) is 12.8 Å². The Kier molecular flexibility index (Phi) is 9.13. The van der Waals surface area contributed by atoms with Crippen LogP contribution in [0.5, 0.6) is 0 Å². The number of hydrogen-bond donors (Lipinski definition) is 3. The van der Waals surface area contributed by atoms with E-state index in [1.165, 1.54) is 5.56 Å². The molecule has 0 saturated carbocycles. The number of benzene rings is 1. The molecule has 4 nitrogen and oxygen atoms in total. The lowest BCUT2D eigenvalue weighted by Crippen LogP contribution is -2.17. The van der Waals surface area contributed by atoms with Gasteiger partial charge in [0.25, 0.3) is 0 Å². The van der Waals surface area contributed by atoms with Gasteiger partial charge in [-0.15, -0.1) is 0 Å². The van der Waals surface area contributed by atoms with E-state index in [2.05, 4.69) is 5.32 Å². The summed E-state index contributed by atoms with van der Waals surface area (Å²) in [5.74, 6) is 0.134. The van der Waals surface area contributed by atoms with Gasteiger partial charge in [-0.25, -0.2) is 0 Å². The topological polar surface area (TPSA) is 75.4 Å². The van der Waals surface area contributed by atoms with Crippen molar-refractivity contribution in [1.82, 2.24) is 0 Å². The molecule has 4 heteroatoms. The van der Waals surface area contributed by atoms with E-state index < -0.39 is 0 Å². The predicted molar refractivity (Wildman–Crippen MR) is 85.0 cm³/mol. The molecule has 0 aromatic heterocycles. The average molecular weight is 278 g/mol. The molecule has 0 fully saturated rings. The van der Waals surface area contributed by atoms with Crippen molar-refractivity contribution in [2.45, 2.75) is 40.2 Å². The average Bonchev–Trinajstić information content (AvgIpc) is 2.38. The van der Waals surface area contributed by atoms with E-state index in [4.69, 9.17) is 10.8 Å². The number of anilines is 1. The molecule has 1 unspecified atom stereocenters. The molecular weight excluding hydrogens is 252 g/mol. The lowest BCUT2D eigenvalue weighted by molar-refractivity contribution is -0.115. The summed E-state index contributed by atoms with van der Waals surface area (Å²) in [6.07, 6.45) is 1.97. The minimum absolute atomic E-state index is 0.134. The number of carbonyl (C=O) groups excluding carboxylic acids is 1. The number of allylic oxidation sites excluding steroid dienone is 1. The summed E-state index contributed by atoms with van der Waals surface area (Å²) in [7, 11) is 0. The van der Waals surface area contributed by atoms with Gasteiger partial charge in [-0.1, -0.05) is 12.1 Å². The van der Waals surface area contributed by atoms with E-state index in [-0.39, 0.29) is 11.8 Å². The molecule has 1 aromatic rings. The quantitative estimate of drug-likeness (QED) is 0.724. The maximum Gasteiger partial charge on any atom is 0.148 e. The molecule has 0 amide bonds. The number of rotatable bonds is 5. The maximum atomic E-state index is 10.8. The number of aliphatic hydroxyl groups is 1. The first-order valence-corrected chi connectivity index (χ1v) is 6.70. The zero-order valence-electron chi connectivity index (χ0n) is 12.8. The summed E-state index contributed by atoms with van der Waals surface area (Å²) in [4.78, 5) is 10.8. The Bertz CT molecular complexity index is 419. The molecule has 0 aliphatic rings. The van der Waals surface area contributed by atoms with Crippen molar-refractivity contribution in [3.8, 4) is 0 Å². The van der Waals surface area contributed by atoms with Gasteiger partial charge in [-0.3, -0.25) is 4.79 Å². The third-order valence-electron chi connectivity index (χ3n) is 2.31. The second kappa shape index (κ2) is 10.0. The molecular formula is C16H26N2O2. The van der Waals surface area contributed by atoms with Crippen LogP contribution < -0.4 is 11.1 Å². The standard InChI is InChI=1S/C12H18N2O.C4H8O/c1-9(13)7-11-3-5-12(6-4-11)14-8-10(2)15;1-4(2)3-5/h3-6,9,14H,7-8,13H2,1-2H3;3,5H,1-2H3. The lowest BCUT2D eigenvalue weighted by Gasteiger charge is -2.07. The number of hydrogen-bond acceptors (Lipinski definition) is 4. The largest absolute Gasteiger partial charge is 0.516 e. The van der Waals surface area contributed by atoms with Gasteiger partial charge < -0.3 is 16.2 Å². The normalized spacial score (nSPS) is 10.8. The molecule has 0 saturated heterocycles. The molecule has 0 heterocycles. The number of Topliss-reactive ketones (excluding diaryl/α,β-unsaturated/α-hetero) is 1. The Morgan fingerprint density at radius 1 is 1.30 bits per heavy atom. The molecule has 20 heavy (non-hydrogen) atoms. The first kappa shape index (κ1) is 18.2. The molecule has 0 radical (unpaired) electrons. The highest BCUT2D eigenvalue weighted by Crippen LogP contribution is 2.10. The van der Waals surface area contributed by atoms with E-state index in [1.807, 2.05) is 45.0 Å². The SMILES string of the molecule is CC(=O)CNc1ccc(CC(C)N)cc1.CC(C)=CO. The number of nitrogens with two attached hydrogens (primary N) is 1. The van der Waals surface area contributed by atoms with E-state index in [9.17, 15) is 4.79 Å². The highest BCUT2D eigenvalue weighted by atomic mass is 16.2. The molecule has 0 spiro atoms. The third kappa shape index (κ3) is 10.1. The van der Waals surface area contributed by atoms with Crippen LogP contribution >= 0.6 is 0 Å². The van der Waals surface area contributed by atoms with E-state index in [0.717, 1.165) is 23.9 Å². The van der Waals surface area contributed by atoms with Crippen LogP contribution in [0.15, 0.2) is 36.1 Å². The second-order valence-corrected chi connectivity index (χ2v) is 5.14. The zero-order valence-corrected chi connectivity index (χ0v) is 12.8. The molecule has 0 aliphatic carbocycles. The fourth-order valence-electron chi connectivity index (χ4n) is 1.36. The monoisotopic (exact) mass is 278 g/mol. The highest BCUT2D eigenvalue weighted by molar-refractivity contribution is 5.80. The van der Waals surface area contributed by atoms with Crippen molar-refractivity contribution in [2.24, 2.45) is 5.73 Å². The van der Waals surface area contributed by atoms with Crippen LogP contribution in [0, 0.1) is 0 Å². The van der Waals surface area contributed by atoms with Crippen LogP contribution in [0.2, 0.25) is 0 Å². The predicted octanol–water partition coefficient (Wildman–Crippen LogP) is 3.05. The second-order valence-electron chi connectivity index (χ2n) is 5.14. The van der Waals surface area contributed by atoms with Gasteiger partial charge in [0.2, 0.25) is 0 Å². The Hall–Kier alpha value is -1.81. The van der Waals surface area contributed by atoms with Gasteiger partial charge in [-0.2, -0.15) is 0 Å². The van der Waals surface area contributed by atoms with Gasteiger partial charge in [0.15, 0.2) is 0 Å². The summed E-state index contributed by atoms with van der Waals surface area (Å²) >= 11 is 0. The van der Waals surface area contributed by atoms with Crippen LogP contribution in [0.3, 0.4) is 0 Å². The van der Waals surface area contributed by atoms with Crippen LogP contribution in [-0.4, -0.2) is 23.5 Å². The van der Waals surface area contributed by atoms with Crippen LogP contribution in [-0.2, 0) is 11.2 Å². The van der Waals surface area contributed by atoms with Crippen LogP contribution in [0.4, 0.5) is 5.69 Å². The molecule has 1 aromatic carbocycles. The van der Waals surface area contributed by atoms with E-state index >= 15 is 0 Å². The Balaban J connectivity index is 0.000000621. The van der Waals surface area contributed by atoms with Gasteiger partial charge in [0, 0.05) is 11.7 Å². The number of ketones is 1. The summed E-state index contributed by atoms with van der Waals surface area (Å²) < 4.78 is 0. The number of nitrogens with one attached hydrogen (secondary N) is 1. The molecule has 1 atom stereocenters. The molecule has 112 valence electrons. The van der Waals surface area contributed by atoms with Gasteiger partial charge >= 0.3 is 0 Å². The smallest absolute Gasteiger partial charge is 0.148 e. The van der Waals surface area contributed by atoms with Crippen molar-refractivity contribution in [2.75, 3.05) is 11.9 Å². The summed E-state index contributed by atoms with van der Waals surface area (Å²) in [6.45, 7) is 7.60. The van der Waals surface area contributed by atoms with Crippen molar-refractivity contribution >= 4 is 11.5 Å². The fraction of sp³-hybridized carbons (Fsp3) is 0.438. The summed E-state index contributed by atoms with van der Waals surface area (Å²) in [5.41, 5.74) is 8.83. The van der Waals surface area contributed by atoms with Crippen molar-refractivity contribution in [3.05, 3.63) is 41.7 Å². The van der Waals surface area contributed by atoms with Crippen molar-refractivity contribution in [1.29, 1.82) is 0 Å². The van der Waals surface area contributed by atoms with Gasteiger partial charge in [-0.05, 0) is 57.4 Å². The first-order chi connectivity index (χ1) is 9.35. The zero-order chi connectivity index (χ0) is 15.5. The maximum absolute atomic E-state index is 10.8. The van der Waals surface area contributed by atoms with E-state index in [0.29, 0.717) is 6.54 Å². The van der Waals surface area contributed by atoms with Crippen LogP contribution in [0.1, 0.15) is 33.3 Å². The Labute approximate surface area is 121 Å². The minimum atomic E-state index is 0.134. The lowest BCUT2D eigenvalue weighted by atomic mass is 10.1. The summed E-state index contributed by atoms with van der Waals surface area (Å²) in [6, 6.07) is 8.19. The van der Waals surface area contributed by atoms with Crippen molar-refractivity contribution in [3.63, 3.8) is 0 Å². The summed E-state index contributed by atoms with van der Waals surface area (Å²) in [5, 5.41) is 11.0. The van der Waals surface area contributed by atoms with Crippen LogP contribution in [0.25, 0.3) is 0 Å². The molecule has 0 bridgehead atoms. The number of aliphatic hydroxyl groups excluding tert-OH is 1. The Morgan fingerprint density at radius 2 is 1.80 bits per heavy atom. The molecule has 4 N–H and O–H groups in total. The highest BCUT2D eigenvalue weighted by Gasteiger charge is 1.98. The first-order valence-electron chi connectivity index (χ1n) is 6.70. The molecule has 1 rings (SSSR count). The number of carbonyl (C=O) groups is 1. The fourth-order valence-corrected chi connectivity index (χ4v) is 1.36. The minimum Gasteiger partial charge on any atom is -0.516 e. The van der Waals surface area contributed by atoms with E-state index in [1.54, 1.807) is 6.92 Å². The Morgan fingerprint density at radius 3 is 2.15 bits per heavy atom. The third-order valence-corrected chi connectivity index (χ3v) is 2.31. The van der Waals surface area contributed by atoms with Gasteiger partial charge in [0.1, 0.15) is 5.78 Å². The molecule has 0 aliphatic heterocycles. The van der Waals surface area contributed by atoms with Crippen molar-refractivity contribution < 1.29 is 9.90 Å².